The molecule has 0 fully saturated rings. The van der Waals surface area contributed by atoms with E-state index in [0.29, 0.717) is 13.2 Å². The molecule has 1 heterocycles. The fourth-order valence-corrected chi connectivity index (χ4v) is 1.47. The van der Waals surface area contributed by atoms with Crippen molar-refractivity contribution >= 4 is 0 Å². The van der Waals surface area contributed by atoms with Gasteiger partial charge < -0.3 is 10.5 Å². The maximum atomic E-state index is 5.99. The van der Waals surface area contributed by atoms with E-state index in [1.54, 1.807) is 4.68 Å². The SMILES string of the molecule is CCOCC(N)c1cn(C)nc1CC. The maximum absolute atomic E-state index is 5.99. The maximum Gasteiger partial charge on any atom is 0.0670 e. The number of nitrogens with two attached hydrogens (primary N) is 1. The zero-order valence-electron chi connectivity index (χ0n) is 9.16. The second-order valence-electron chi connectivity index (χ2n) is 3.32. The van der Waals surface area contributed by atoms with E-state index in [1.807, 2.05) is 20.2 Å². The Kier molecular flexibility index (Phi) is 4.10. The Balaban J connectivity index is 2.72. The summed E-state index contributed by atoms with van der Waals surface area (Å²) in [4.78, 5) is 0. The third-order valence-corrected chi connectivity index (χ3v) is 2.17. The number of hydrogen-bond donors (Lipinski definition) is 1. The van der Waals surface area contributed by atoms with Crippen LogP contribution in [0.3, 0.4) is 0 Å². The van der Waals surface area contributed by atoms with E-state index in [4.69, 9.17) is 10.5 Å². The predicted molar refractivity (Wildman–Crippen MR) is 56.0 cm³/mol. The van der Waals surface area contributed by atoms with Gasteiger partial charge in [-0.15, -0.1) is 0 Å². The summed E-state index contributed by atoms with van der Waals surface area (Å²) >= 11 is 0. The number of hydrogen-bond acceptors (Lipinski definition) is 3. The highest BCUT2D eigenvalue weighted by Crippen LogP contribution is 2.15. The van der Waals surface area contributed by atoms with Gasteiger partial charge in [-0.05, 0) is 13.3 Å². The first-order chi connectivity index (χ1) is 6.69. The van der Waals surface area contributed by atoms with Gasteiger partial charge in [-0.2, -0.15) is 5.10 Å². The van der Waals surface area contributed by atoms with E-state index in [-0.39, 0.29) is 6.04 Å². The van der Waals surface area contributed by atoms with Gasteiger partial charge in [-0.3, -0.25) is 4.68 Å². The van der Waals surface area contributed by atoms with Crippen molar-refractivity contribution in [3.8, 4) is 0 Å². The molecule has 1 rings (SSSR count). The fourth-order valence-electron chi connectivity index (χ4n) is 1.47. The highest BCUT2D eigenvalue weighted by Gasteiger charge is 2.13. The number of rotatable bonds is 5. The molecule has 0 saturated carbocycles. The number of aryl methyl sites for hydroxylation is 2. The van der Waals surface area contributed by atoms with Crippen molar-refractivity contribution in [1.82, 2.24) is 9.78 Å². The molecule has 0 aliphatic rings. The Morgan fingerprint density at radius 2 is 2.29 bits per heavy atom. The second kappa shape index (κ2) is 5.12. The van der Waals surface area contributed by atoms with Crippen molar-refractivity contribution in [1.29, 1.82) is 0 Å². The van der Waals surface area contributed by atoms with Gasteiger partial charge in [0.2, 0.25) is 0 Å². The molecule has 14 heavy (non-hydrogen) atoms. The van der Waals surface area contributed by atoms with Crippen LogP contribution in [-0.2, 0) is 18.2 Å². The van der Waals surface area contributed by atoms with Gasteiger partial charge in [-0.1, -0.05) is 6.92 Å². The van der Waals surface area contributed by atoms with Crippen LogP contribution in [0.2, 0.25) is 0 Å². The van der Waals surface area contributed by atoms with Gasteiger partial charge >= 0.3 is 0 Å². The lowest BCUT2D eigenvalue weighted by atomic mass is 10.1. The smallest absolute Gasteiger partial charge is 0.0670 e. The van der Waals surface area contributed by atoms with Crippen molar-refractivity contribution in [2.75, 3.05) is 13.2 Å². The average molecular weight is 197 g/mol. The molecule has 1 atom stereocenters. The van der Waals surface area contributed by atoms with Gasteiger partial charge in [0, 0.05) is 25.4 Å². The van der Waals surface area contributed by atoms with E-state index in [2.05, 4.69) is 12.0 Å². The Bertz CT molecular complexity index is 283. The third-order valence-electron chi connectivity index (χ3n) is 2.17. The fraction of sp³-hybridized carbons (Fsp3) is 0.700. The first-order valence-corrected chi connectivity index (χ1v) is 5.04. The summed E-state index contributed by atoms with van der Waals surface area (Å²) in [5, 5.41) is 4.34. The van der Waals surface area contributed by atoms with Crippen LogP contribution in [0.1, 0.15) is 31.1 Å². The summed E-state index contributed by atoms with van der Waals surface area (Å²) in [6, 6.07) is -0.0569. The van der Waals surface area contributed by atoms with Crippen LogP contribution in [0.25, 0.3) is 0 Å². The Morgan fingerprint density at radius 3 is 2.86 bits per heavy atom. The molecule has 0 radical (unpaired) electrons. The van der Waals surface area contributed by atoms with Crippen LogP contribution in [0.5, 0.6) is 0 Å². The lowest BCUT2D eigenvalue weighted by Crippen LogP contribution is -2.17. The number of aromatic nitrogens is 2. The summed E-state index contributed by atoms with van der Waals surface area (Å²) in [5.74, 6) is 0. The summed E-state index contributed by atoms with van der Waals surface area (Å²) in [5.41, 5.74) is 8.16. The second-order valence-corrected chi connectivity index (χ2v) is 3.32. The molecule has 0 saturated heterocycles. The van der Waals surface area contributed by atoms with Crippen molar-refractivity contribution in [2.45, 2.75) is 26.3 Å². The van der Waals surface area contributed by atoms with E-state index >= 15 is 0 Å². The topological polar surface area (TPSA) is 53.1 Å². The van der Waals surface area contributed by atoms with E-state index < -0.39 is 0 Å². The van der Waals surface area contributed by atoms with Crippen LogP contribution in [0.4, 0.5) is 0 Å². The minimum Gasteiger partial charge on any atom is -0.380 e. The zero-order valence-corrected chi connectivity index (χ0v) is 9.16. The summed E-state index contributed by atoms with van der Waals surface area (Å²) in [6.45, 7) is 5.32. The zero-order chi connectivity index (χ0) is 10.6. The predicted octanol–water partition coefficient (Wildman–Crippen LogP) is 1.02. The monoisotopic (exact) mass is 197 g/mol. The third kappa shape index (κ3) is 2.56. The molecule has 1 aromatic heterocycles. The molecule has 2 N–H and O–H groups in total. The van der Waals surface area contributed by atoms with Crippen LogP contribution in [0.15, 0.2) is 6.20 Å². The Labute approximate surface area is 85.0 Å². The van der Waals surface area contributed by atoms with Crippen LogP contribution in [0, 0.1) is 0 Å². The average Bonchev–Trinajstić information content (AvgIpc) is 2.56. The highest BCUT2D eigenvalue weighted by atomic mass is 16.5. The molecule has 4 heteroatoms. The molecule has 0 bridgehead atoms. The Morgan fingerprint density at radius 1 is 1.57 bits per heavy atom. The molecule has 80 valence electrons. The lowest BCUT2D eigenvalue weighted by Gasteiger charge is -2.10. The minimum atomic E-state index is -0.0569. The van der Waals surface area contributed by atoms with Gasteiger partial charge in [0.15, 0.2) is 0 Å². The first kappa shape index (κ1) is 11.2. The Hall–Kier alpha value is -0.870. The van der Waals surface area contributed by atoms with E-state index in [0.717, 1.165) is 17.7 Å². The molecule has 0 spiro atoms. The van der Waals surface area contributed by atoms with Gasteiger partial charge in [0.1, 0.15) is 0 Å². The van der Waals surface area contributed by atoms with Crippen molar-refractivity contribution in [2.24, 2.45) is 12.8 Å². The van der Waals surface area contributed by atoms with E-state index in [9.17, 15) is 0 Å². The molecule has 1 aromatic rings. The number of ether oxygens (including phenoxy) is 1. The first-order valence-electron chi connectivity index (χ1n) is 5.04. The normalized spacial score (nSPS) is 13.1. The van der Waals surface area contributed by atoms with Gasteiger partial charge in [0.05, 0.1) is 18.3 Å². The van der Waals surface area contributed by atoms with Crippen molar-refractivity contribution < 1.29 is 4.74 Å². The van der Waals surface area contributed by atoms with Gasteiger partial charge in [0.25, 0.3) is 0 Å². The van der Waals surface area contributed by atoms with Crippen LogP contribution < -0.4 is 5.73 Å². The quantitative estimate of drug-likeness (QED) is 0.766. The summed E-state index contributed by atoms with van der Waals surface area (Å²) in [7, 11) is 1.91. The molecule has 0 aromatic carbocycles. The van der Waals surface area contributed by atoms with Crippen LogP contribution in [-0.4, -0.2) is 23.0 Å². The lowest BCUT2D eigenvalue weighted by molar-refractivity contribution is 0.133. The molecule has 0 aliphatic carbocycles. The summed E-state index contributed by atoms with van der Waals surface area (Å²) in [6.07, 6.45) is 2.89. The van der Waals surface area contributed by atoms with Crippen molar-refractivity contribution in [3.05, 3.63) is 17.5 Å². The molecule has 0 amide bonds. The molecule has 4 nitrogen and oxygen atoms in total. The molecule has 0 aliphatic heterocycles. The molecule has 1 unspecified atom stereocenters. The van der Waals surface area contributed by atoms with Crippen molar-refractivity contribution in [3.63, 3.8) is 0 Å². The molecular formula is C10H19N3O. The standard InChI is InChI=1S/C10H19N3O/c1-4-10-8(6-13(3)12-10)9(11)7-14-5-2/h6,9H,4-5,7,11H2,1-3H3. The summed E-state index contributed by atoms with van der Waals surface area (Å²) < 4.78 is 7.10. The van der Waals surface area contributed by atoms with E-state index in [1.165, 1.54) is 0 Å². The van der Waals surface area contributed by atoms with Gasteiger partial charge in [-0.25, -0.2) is 0 Å². The highest BCUT2D eigenvalue weighted by molar-refractivity contribution is 5.21. The largest absolute Gasteiger partial charge is 0.380 e. The minimum absolute atomic E-state index is 0.0569. The van der Waals surface area contributed by atoms with Crippen LogP contribution >= 0.6 is 0 Å². The molecular weight excluding hydrogens is 178 g/mol. The number of nitrogens with zero attached hydrogens (tertiary/aromatic N) is 2.